The molecule has 4 unspecified atom stereocenters. The van der Waals surface area contributed by atoms with E-state index in [1.165, 1.54) is 0 Å². The molecule has 4 rings (SSSR count). The van der Waals surface area contributed by atoms with Crippen molar-refractivity contribution in [2.24, 2.45) is 11.3 Å². The molecule has 108 valence electrons. The summed E-state index contributed by atoms with van der Waals surface area (Å²) in [6, 6.07) is 0. The molecule has 1 N–H and O–H groups in total. The summed E-state index contributed by atoms with van der Waals surface area (Å²) in [4.78, 5) is 24.0. The SMILES string of the molecule is CC1=C2CC3C(C)(CCC(=O)C34CO4)CC2(O)OC1=O. The van der Waals surface area contributed by atoms with Crippen molar-refractivity contribution >= 4 is 11.8 Å². The maximum Gasteiger partial charge on any atom is 0.336 e. The van der Waals surface area contributed by atoms with Gasteiger partial charge in [0.15, 0.2) is 11.4 Å². The standard InChI is InChI=1S/C15H18O5/c1-8-9-5-10-13(2,6-15(9,18)20-12(8)17)4-3-11(16)14(10)7-19-14/h10,18H,3-7H2,1-2H3. The molecule has 0 aromatic rings. The Hall–Kier alpha value is -1.20. The first kappa shape index (κ1) is 12.5. The van der Waals surface area contributed by atoms with E-state index in [0.717, 1.165) is 0 Å². The third-order valence-electron chi connectivity index (χ3n) is 5.80. The van der Waals surface area contributed by atoms with Crippen LogP contribution in [-0.4, -0.2) is 34.9 Å². The van der Waals surface area contributed by atoms with Crippen LogP contribution in [0.2, 0.25) is 0 Å². The zero-order chi connectivity index (χ0) is 14.3. The first-order valence-corrected chi connectivity index (χ1v) is 7.14. The quantitative estimate of drug-likeness (QED) is 0.530. The second kappa shape index (κ2) is 3.34. The minimum Gasteiger partial charge on any atom is -0.426 e. The van der Waals surface area contributed by atoms with Gasteiger partial charge in [0.1, 0.15) is 0 Å². The molecule has 1 spiro atoms. The topological polar surface area (TPSA) is 76.1 Å². The summed E-state index contributed by atoms with van der Waals surface area (Å²) in [7, 11) is 0. The molecule has 0 amide bonds. The Morgan fingerprint density at radius 3 is 2.70 bits per heavy atom. The van der Waals surface area contributed by atoms with Crippen molar-refractivity contribution < 1.29 is 24.2 Å². The van der Waals surface area contributed by atoms with Gasteiger partial charge in [0.2, 0.25) is 5.79 Å². The molecular formula is C15H18O5. The highest BCUT2D eigenvalue weighted by Crippen LogP contribution is 2.62. The normalized spacial score (nSPS) is 50.0. The van der Waals surface area contributed by atoms with Crippen molar-refractivity contribution in [2.75, 3.05) is 6.61 Å². The summed E-state index contributed by atoms with van der Waals surface area (Å²) in [6.45, 7) is 4.23. The van der Waals surface area contributed by atoms with Crippen LogP contribution in [0.15, 0.2) is 11.1 Å². The second-order valence-corrected chi connectivity index (χ2v) is 6.97. The predicted octanol–water partition coefficient (Wildman–Crippen LogP) is 1.10. The Labute approximate surface area is 116 Å². The number of carbonyl (C=O) groups excluding carboxylic acids is 2. The molecule has 2 aliphatic heterocycles. The van der Waals surface area contributed by atoms with Gasteiger partial charge in [0.25, 0.3) is 0 Å². The van der Waals surface area contributed by atoms with Crippen LogP contribution >= 0.6 is 0 Å². The maximum atomic E-state index is 12.2. The molecule has 20 heavy (non-hydrogen) atoms. The zero-order valence-electron chi connectivity index (χ0n) is 11.7. The van der Waals surface area contributed by atoms with E-state index < -0.39 is 17.4 Å². The van der Waals surface area contributed by atoms with Gasteiger partial charge in [-0.05, 0) is 25.2 Å². The van der Waals surface area contributed by atoms with Gasteiger partial charge in [-0.3, -0.25) is 4.79 Å². The van der Waals surface area contributed by atoms with Crippen molar-refractivity contribution in [3.05, 3.63) is 11.1 Å². The van der Waals surface area contributed by atoms with E-state index in [-0.39, 0.29) is 17.1 Å². The molecule has 4 atom stereocenters. The van der Waals surface area contributed by atoms with E-state index in [2.05, 4.69) is 6.92 Å². The van der Waals surface area contributed by atoms with Gasteiger partial charge in [0.05, 0.1) is 6.61 Å². The van der Waals surface area contributed by atoms with E-state index in [1.54, 1.807) is 6.92 Å². The molecule has 2 heterocycles. The highest BCUT2D eigenvalue weighted by atomic mass is 16.7. The number of fused-ring (bicyclic) bond motifs is 3. The monoisotopic (exact) mass is 278 g/mol. The summed E-state index contributed by atoms with van der Waals surface area (Å²) in [5.74, 6) is -1.70. The summed E-state index contributed by atoms with van der Waals surface area (Å²) < 4.78 is 10.8. The van der Waals surface area contributed by atoms with Gasteiger partial charge >= 0.3 is 5.97 Å². The molecular weight excluding hydrogens is 260 g/mol. The molecule has 2 aliphatic carbocycles. The van der Waals surface area contributed by atoms with E-state index in [0.29, 0.717) is 43.4 Å². The average molecular weight is 278 g/mol. The number of esters is 1. The van der Waals surface area contributed by atoms with Crippen LogP contribution in [0, 0.1) is 11.3 Å². The lowest BCUT2D eigenvalue weighted by molar-refractivity contribution is -0.209. The highest BCUT2D eigenvalue weighted by molar-refractivity contribution is 5.93. The van der Waals surface area contributed by atoms with Crippen molar-refractivity contribution in [3.8, 4) is 0 Å². The Morgan fingerprint density at radius 2 is 2.05 bits per heavy atom. The van der Waals surface area contributed by atoms with Gasteiger partial charge in [-0.25, -0.2) is 4.79 Å². The number of hydrogen-bond donors (Lipinski definition) is 1. The Morgan fingerprint density at radius 1 is 1.35 bits per heavy atom. The third-order valence-corrected chi connectivity index (χ3v) is 5.80. The summed E-state index contributed by atoms with van der Waals surface area (Å²) in [6.07, 6.45) is 2.07. The minimum atomic E-state index is -1.47. The fourth-order valence-corrected chi connectivity index (χ4v) is 4.52. The predicted molar refractivity (Wildman–Crippen MR) is 67.5 cm³/mol. The molecule has 4 aliphatic rings. The number of carbonyl (C=O) groups is 2. The van der Waals surface area contributed by atoms with Crippen LogP contribution in [0.5, 0.6) is 0 Å². The number of rotatable bonds is 0. The Bertz CT molecular complexity index is 573. The first-order chi connectivity index (χ1) is 9.31. The zero-order valence-corrected chi connectivity index (χ0v) is 11.7. The molecule has 1 saturated heterocycles. The van der Waals surface area contributed by atoms with Crippen LogP contribution in [0.3, 0.4) is 0 Å². The van der Waals surface area contributed by atoms with Gasteiger partial charge in [-0.15, -0.1) is 0 Å². The molecule has 2 saturated carbocycles. The lowest BCUT2D eigenvalue weighted by Crippen LogP contribution is -2.56. The number of epoxide rings is 1. The van der Waals surface area contributed by atoms with E-state index in [1.807, 2.05) is 0 Å². The van der Waals surface area contributed by atoms with Crippen LogP contribution in [0.25, 0.3) is 0 Å². The van der Waals surface area contributed by atoms with Crippen molar-refractivity contribution in [1.29, 1.82) is 0 Å². The maximum absolute atomic E-state index is 12.2. The Balaban J connectivity index is 1.80. The van der Waals surface area contributed by atoms with E-state index in [4.69, 9.17) is 9.47 Å². The number of Topliss-reactive ketones (excluding diaryl/α,β-unsaturated/α-hetero) is 1. The largest absolute Gasteiger partial charge is 0.426 e. The van der Waals surface area contributed by atoms with Crippen LogP contribution in [0.4, 0.5) is 0 Å². The summed E-state index contributed by atoms with van der Waals surface area (Å²) in [5, 5.41) is 10.7. The van der Waals surface area contributed by atoms with Gasteiger partial charge in [0, 0.05) is 29.9 Å². The second-order valence-electron chi connectivity index (χ2n) is 6.97. The first-order valence-electron chi connectivity index (χ1n) is 7.14. The molecule has 0 radical (unpaired) electrons. The van der Waals surface area contributed by atoms with Crippen molar-refractivity contribution in [2.45, 2.75) is 50.9 Å². The van der Waals surface area contributed by atoms with Crippen LogP contribution < -0.4 is 0 Å². The molecule has 5 nitrogen and oxygen atoms in total. The minimum absolute atomic E-state index is 0.0379. The number of ketones is 1. The summed E-state index contributed by atoms with van der Waals surface area (Å²) >= 11 is 0. The average Bonchev–Trinajstić information content (AvgIpc) is 3.10. The molecule has 0 bridgehead atoms. The van der Waals surface area contributed by atoms with Gasteiger partial charge < -0.3 is 14.6 Å². The lowest BCUT2D eigenvalue weighted by Gasteiger charge is -2.51. The molecule has 0 aromatic heterocycles. The van der Waals surface area contributed by atoms with E-state index >= 15 is 0 Å². The van der Waals surface area contributed by atoms with Crippen LogP contribution in [0.1, 0.15) is 39.5 Å². The van der Waals surface area contributed by atoms with Crippen LogP contribution in [-0.2, 0) is 19.1 Å². The smallest absolute Gasteiger partial charge is 0.336 e. The lowest BCUT2D eigenvalue weighted by atomic mass is 9.54. The fourth-order valence-electron chi connectivity index (χ4n) is 4.52. The number of aliphatic hydroxyl groups is 1. The van der Waals surface area contributed by atoms with Gasteiger partial charge in [-0.2, -0.15) is 0 Å². The number of ether oxygens (including phenoxy) is 2. The molecule has 0 aromatic carbocycles. The highest BCUT2D eigenvalue weighted by Gasteiger charge is 2.69. The van der Waals surface area contributed by atoms with Crippen molar-refractivity contribution in [3.63, 3.8) is 0 Å². The van der Waals surface area contributed by atoms with E-state index in [9.17, 15) is 14.7 Å². The Kier molecular flexibility index (Phi) is 2.09. The van der Waals surface area contributed by atoms with Gasteiger partial charge in [-0.1, -0.05) is 6.92 Å². The molecule has 3 fully saturated rings. The molecule has 5 heteroatoms. The van der Waals surface area contributed by atoms with Crippen molar-refractivity contribution in [1.82, 2.24) is 0 Å². The third kappa shape index (κ3) is 1.30. The fraction of sp³-hybridized carbons (Fsp3) is 0.733. The summed E-state index contributed by atoms with van der Waals surface area (Å²) in [5.41, 5.74) is 0.249. The number of hydrogen-bond acceptors (Lipinski definition) is 5.